The van der Waals surface area contributed by atoms with E-state index >= 15 is 0 Å². The fourth-order valence-corrected chi connectivity index (χ4v) is 4.59. The monoisotopic (exact) mass is 474 g/mol. The highest BCUT2D eigenvalue weighted by atomic mass is 32.2. The van der Waals surface area contributed by atoms with Gasteiger partial charge in [0.25, 0.3) is 5.91 Å². The van der Waals surface area contributed by atoms with Crippen LogP contribution in [0.15, 0.2) is 82.7 Å². The van der Waals surface area contributed by atoms with E-state index in [9.17, 15) is 4.79 Å². The van der Waals surface area contributed by atoms with Crippen molar-refractivity contribution in [3.05, 3.63) is 94.4 Å². The van der Waals surface area contributed by atoms with E-state index in [-0.39, 0.29) is 5.91 Å². The average Bonchev–Trinajstić information content (AvgIpc) is 3.17. The Morgan fingerprint density at radius 2 is 1.44 bits per heavy atom. The van der Waals surface area contributed by atoms with Gasteiger partial charge in [-0.3, -0.25) is 14.7 Å². The van der Waals surface area contributed by atoms with Crippen LogP contribution in [0, 0.1) is 0 Å². The van der Waals surface area contributed by atoms with Crippen molar-refractivity contribution >= 4 is 28.9 Å². The summed E-state index contributed by atoms with van der Waals surface area (Å²) in [6, 6.07) is 23.6. The zero-order valence-corrected chi connectivity index (χ0v) is 20.2. The van der Waals surface area contributed by atoms with Crippen molar-refractivity contribution in [2.45, 2.75) is 13.1 Å². The number of rotatable bonds is 8. The molecule has 34 heavy (non-hydrogen) atoms. The molecule has 0 atom stereocenters. The summed E-state index contributed by atoms with van der Waals surface area (Å²) in [5, 5.41) is 0.677. The van der Waals surface area contributed by atoms with E-state index in [0.29, 0.717) is 40.4 Å². The van der Waals surface area contributed by atoms with E-state index in [2.05, 4.69) is 0 Å². The first-order chi connectivity index (χ1) is 16.6. The molecule has 0 N–H and O–H groups in total. The number of hydrogen-bond donors (Lipinski definition) is 0. The maximum absolute atomic E-state index is 13.4. The summed E-state index contributed by atoms with van der Waals surface area (Å²) in [6.07, 6.45) is 1.83. The van der Waals surface area contributed by atoms with E-state index in [1.54, 1.807) is 26.2 Å². The Hall–Kier alpha value is -3.71. The van der Waals surface area contributed by atoms with Crippen molar-refractivity contribution in [3.63, 3.8) is 0 Å². The van der Waals surface area contributed by atoms with E-state index in [1.807, 2.05) is 78.9 Å². The first kappa shape index (κ1) is 23.4. The molecule has 3 aromatic rings. The van der Waals surface area contributed by atoms with Gasteiger partial charge in [0, 0.05) is 0 Å². The predicted molar refractivity (Wildman–Crippen MR) is 136 cm³/mol. The molecule has 0 unspecified atom stereocenters. The number of amides is 1. The maximum Gasteiger partial charge on any atom is 0.267 e. The second-order valence-corrected chi connectivity index (χ2v) is 8.54. The van der Waals surface area contributed by atoms with Gasteiger partial charge >= 0.3 is 0 Å². The van der Waals surface area contributed by atoms with E-state index in [1.165, 1.54) is 11.8 Å². The summed E-state index contributed by atoms with van der Waals surface area (Å²) in [5.74, 6) is 1.48. The molecule has 3 aromatic carbocycles. The van der Waals surface area contributed by atoms with Gasteiger partial charge in [-0.25, -0.2) is 0 Å². The Morgan fingerprint density at radius 1 is 0.853 bits per heavy atom. The lowest BCUT2D eigenvalue weighted by Crippen LogP contribution is -2.28. The molecule has 7 heteroatoms. The minimum absolute atomic E-state index is 0.0885. The lowest BCUT2D eigenvalue weighted by atomic mass is 10.1. The highest BCUT2D eigenvalue weighted by molar-refractivity contribution is 8.18. The molecular weight excluding hydrogens is 448 g/mol. The lowest BCUT2D eigenvalue weighted by molar-refractivity contribution is -0.122. The SMILES string of the molecule is COc1cc(C=C2SC(=NCc3ccccc3)N(Cc3ccccc3)C2=O)cc(OC)c1OC. The van der Waals surface area contributed by atoms with Crippen LogP contribution < -0.4 is 14.2 Å². The summed E-state index contributed by atoms with van der Waals surface area (Å²) < 4.78 is 16.3. The molecule has 4 rings (SSSR count). The third-order valence-electron chi connectivity index (χ3n) is 5.30. The molecule has 1 heterocycles. The summed E-state index contributed by atoms with van der Waals surface area (Å²) >= 11 is 1.37. The fourth-order valence-electron chi connectivity index (χ4n) is 3.61. The van der Waals surface area contributed by atoms with Gasteiger partial charge in [0.05, 0.1) is 39.3 Å². The fraction of sp³-hybridized carbons (Fsp3) is 0.185. The first-order valence-electron chi connectivity index (χ1n) is 10.8. The second kappa shape index (κ2) is 10.9. The van der Waals surface area contributed by atoms with Crippen molar-refractivity contribution < 1.29 is 19.0 Å². The molecule has 0 bridgehead atoms. The highest BCUT2D eigenvalue weighted by Gasteiger charge is 2.33. The molecule has 1 amide bonds. The van der Waals surface area contributed by atoms with Gasteiger partial charge in [-0.05, 0) is 46.7 Å². The molecule has 1 aliphatic heterocycles. The van der Waals surface area contributed by atoms with Crippen molar-refractivity contribution in [3.8, 4) is 17.2 Å². The van der Waals surface area contributed by atoms with Crippen LogP contribution in [0.1, 0.15) is 16.7 Å². The third kappa shape index (κ3) is 5.26. The van der Waals surface area contributed by atoms with Crippen molar-refractivity contribution in [2.24, 2.45) is 4.99 Å². The Balaban J connectivity index is 1.68. The number of methoxy groups -OCH3 is 3. The van der Waals surface area contributed by atoms with Crippen molar-refractivity contribution in [1.29, 1.82) is 0 Å². The molecule has 0 radical (unpaired) electrons. The topological polar surface area (TPSA) is 60.4 Å². The smallest absolute Gasteiger partial charge is 0.267 e. The second-order valence-electron chi connectivity index (χ2n) is 7.53. The largest absolute Gasteiger partial charge is 0.493 e. The third-order valence-corrected chi connectivity index (χ3v) is 6.34. The summed E-state index contributed by atoms with van der Waals surface area (Å²) in [4.78, 5) is 20.5. The molecule has 0 spiro atoms. The molecular formula is C27H26N2O4S. The normalized spacial score (nSPS) is 15.7. The summed E-state index contributed by atoms with van der Waals surface area (Å²) in [7, 11) is 4.70. The van der Waals surface area contributed by atoms with Gasteiger partial charge in [0.15, 0.2) is 16.7 Å². The number of thioether (sulfide) groups is 1. The summed E-state index contributed by atoms with van der Waals surface area (Å²) in [5.41, 5.74) is 2.90. The zero-order chi connectivity index (χ0) is 23.9. The number of ether oxygens (including phenoxy) is 3. The molecule has 1 aliphatic rings. The first-order valence-corrected chi connectivity index (χ1v) is 11.6. The minimum atomic E-state index is -0.0885. The molecule has 0 aromatic heterocycles. The van der Waals surface area contributed by atoms with Crippen LogP contribution in [0.4, 0.5) is 0 Å². The van der Waals surface area contributed by atoms with Crippen LogP contribution in [-0.2, 0) is 17.9 Å². The van der Waals surface area contributed by atoms with Gasteiger partial charge < -0.3 is 14.2 Å². The van der Waals surface area contributed by atoms with Gasteiger partial charge in [-0.1, -0.05) is 60.7 Å². The molecule has 174 valence electrons. The molecule has 0 saturated carbocycles. The van der Waals surface area contributed by atoms with Crippen molar-refractivity contribution in [1.82, 2.24) is 4.90 Å². The predicted octanol–water partition coefficient (Wildman–Crippen LogP) is 5.39. The Morgan fingerprint density at radius 3 is 2.00 bits per heavy atom. The molecule has 1 fully saturated rings. The highest BCUT2D eigenvalue weighted by Crippen LogP contribution is 2.40. The zero-order valence-electron chi connectivity index (χ0n) is 19.4. The number of nitrogens with zero attached hydrogens (tertiary/aromatic N) is 2. The average molecular weight is 475 g/mol. The molecule has 6 nitrogen and oxygen atoms in total. The Bertz CT molecular complexity index is 1180. The van der Waals surface area contributed by atoms with Crippen LogP contribution >= 0.6 is 11.8 Å². The number of benzene rings is 3. The maximum atomic E-state index is 13.4. The van der Waals surface area contributed by atoms with E-state index in [4.69, 9.17) is 19.2 Å². The number of hydrogen-bond acceptors (Lipinski definition) is 6. The van der Waals surface area contributed by atoms with E-state index < -0.39 is 0 Å². The molecule has 0 aliphatic carbocycles. The quantitative estimate of drug-likeness (QED) is 0.410. The number of amidine groups is 1. The minimum Gasteiger partial charge on any atom is -0.493 e. The Labute approximate surface area is 203 Å². The van der Waals surface area contributed by atoms with Crippen LogP contribution in [0.3, 0.4) is 0 Å². The van der Waals surface area contributed by atoms with Crippen LogP contribution in [-0.4, -0.2) is 37.3 Å². The van der Waals surface area contributed by atoms with Crippen LogP contribution in [0.2, 0.25) is 0 Å². The Kier molecular flexibility index (Phi) is 7.54. The summed E-state index contributed by atoms with van der Waals surface area (Å²) in [6.45, 7) is 0.950. The van der Waals surface area contributed by atoms with Crippen LogP contribution in [0.5, 0.6) is 17.2 Å². The van der Waals surface area contributed by atoms with Gasteiger partial charge in [0.1, 0.15) is 0 Å². The van der Waals surface area contributed by atoms with Gasteiger partial charge in [-0.2, -0.15) is 0 Å². The molecule has 1 saturated heterocycles. The lowest BCUT2D eigenvalue weighted by Gasteiger charge is -2.15. The number of carbonyl (C=O) groups excluding carboxylic acids is 1. The van der Waals surface area contributed by atoms with Crippen LogP contribution in [0.25, 0.3) is 6.08 Å². The number of carbonyl (C=O) groups is 1. The van der Waals surface area contributed by atoms with E-state index in [0.717, 1.165) is 16.7 Å². The number of aliphatic imine (C=N–C) groups is 1. The van der Waals surface area contributed by atoms with Gasteiger partial charge in [-0.15, -0.1) is 0 Å². The standard InChI is InChI=1S/C27H26N2O4S/c1-31-22-14-21(15-23(32-2)25(22)33-3)16-24-26(30)29(18-20-12-8-5-9-13-20)27(34-24)28-17-19-10-6-4-7-11-19/h4-16H,17-18H2,1-3H3. The van der Waals surface area contributed by atoms with Gasteiger partial charge in [0.2, 0.25) is 5.75 Å². The van der Waals surface area contributed by atoms with Crippen molar-refractivity contribution in [2.75, 3.05) is 21.3 Å².